The molecule has 0 N–H and O–H groups in total. The molecule has 0 bridgehead atoms. The van der Waals surface area contributed by atoms with Crippen LogP contribution in [0.5, 0.6) is 0 Å². The second-order valence-electron chi connectivity index (χ2n) is 4.85. The molecular weight excluding hydrogens is 236 g/mol. The number of carbonyl (C=O) groups excluding carboxylic acids is 1. The van der Waals surface area contributed by atoms with Crippen molar-refractivity contribution < 1.29 is 9.53 Å². The van der Waals surface area contributed by atoms with E-state index in [-0.39, 0.29) is 18.0 Å². The quantitative estimate of drug-likeness (QED) is 0.763. The van der Waals surface area contributed by atoms with Gasteiger partial charge in [-0.3, -0.25) is 0 Å². The summed E-state index contributed by atoms with van der Waals surface area (Å²) >= 11 is 0. The van der Waals surface area contributed by atoms with Crippen molar-refractivity contribution in [2.45, 2.75) is 20.0 Å². The third kappa shape index (κ3) is 3.44. The van der Waals surface area contributed by atoms with E-state index in [1.807, 2.05) is 48.5 Å². The standard InChI is InChI=1S/C17H18O2/c1-13(2)16(14-9-5-3-6-10-14)19-17(18)15-11-7-4-8-12-15/h3-13,16H,1-2H3. The summed E-state index contributed by atoms with van der Waals surface area (Å²) < 4.78 is 5.65. The third-order valence-corrected chi connectivity index (χ3v) is 2.98. The Morgan fingerprint density at radius 3 is 1.95 bits per heavy atom. The van der Waals surface area contributed by atoms with Crippen LogP contribution in [0.15, 0.2) is 60.7 Å². The van der Waals surface area contributed by atoms with Crippen molar-refractivity contribution in [2.24, 2.45) is 5.92 Å². The molecule has 2 rings (SSSR count). The zero-order chi connectivity index (χ0) is 13.7. The van der Waals surface area contributed by atoms with Gasteiger partial charge < -0.3 is 4.74 Å². The minimum absolute atomic E-state index is 0.214. The van der Waals surface area contributed by atoms with Crippen LogP contribution in [-0.4, -0.2) is 5.97 Å². The molecule has 98 valence electrons. The van der Waals surface area contributed by atoms with Gasteiger partial charge >= 0.3 is 5.97 Å². The Labute approximate surface area is 114 Å². The van der Waals surface area contributed by atoms with Crippen molar-refractivity contribution >= 4 is 5.97 Å². The van der Waals surface area contributed by atoms with E-state index in [4.69, 9.17) is 4.74 Å². The molecule has 2 heteroatoms. The van der Waals surface area contributed by atoms with Gasteiger partial charge in [0, 0.05) is 0 Å². The van der Waals surface area contributed by atoms with Crippen LogP contribution in [0.3, 0.4) is 0 Å². The van der Waals surface area contributed by atoms with Gasteiger partial charge in [0.05, 0.1) is 5.56 Å². The summed E-state index contributed by atoms with van der Waals surface area (Å²) in [7, 11) is 0. The minimum atomic E-state index is -0.275. The highest BCUT2D eigenvalue weighted by Gasteiger charge is 2.20. The molecule has 0 aliphatic carbocycles. The first-order valence-electron chi connectivity index (χ1n) is 6.49. The first-order valence-corrected chi connectivity index (χ1v) is 6.49. The fraction of sp³-hybridized carbons (Fsp3) is 0.235. The fourth-order valence-electron chi connectivity index (χ4n) is 1.99. The van der Waals surface area contributed by atoms with Crippen molar-refractivity contribution in [1.82, 2.24) is 0 Å². The van der Waals surface area contributed by atoms with E-state index in [2.05, 4.69) is 13.8 Å². The van der Waals surface area contributed by atoms with Gasteiger partial charge in [-0.1, -0.05) is 62.4 Å². The minimum Gasteiger partial charge on any atom is -0.454 e. The van der Waals surface area contributed by atoms with E-state index in [1.54, 1.807) is 12.1 Å². The number of ether oxygens (including phenoxy) is 1. The summed E-state index contributed by atoms with van der Waals surface area (Å²) in [5, 5.41) is 0. The predicted molar refractivity (Wildman–Crippen MR) is 75.9 cm³/mol. The topological polar surface area (TPSA) is 26.3 Å². The Morgan fingerprint density at radius 1 is 0.895 bits per heavy atom. The summed E-state index contributed by atoms with van der Waals surface area (Å²) in [5.74, 6) is -0.0433. The lowest BCUT2D eigenvalue weighted by Gasteiger charge is -2.21. The largest absolute Gasteiger partial charge is 0.454 e. The lowest BCUT2D eigenvalue weighted by atomic mass is 9.99. The van der Waals surface area contributed by atoms with E-state index in [9.17, 15) is 4.79 Å². The van der Waals surface area contributed by atoms with Crippen LogP contribution in [0.1, 0.15) is 35.9 Å². The van der Waals surface area contributed by atoms with Crippen molar-refractivity contribution in [1.29, 1.82) is 0 Å². The second kappa shape index (κ2) is 6.19. The third-order valence-electron chi connectivity index (χ3n) is 2.98. The zero-order valence-corrected chi connectivity index (χ0v) is 11.2. The monoisotopic (exact) mass is 254 g/mol. The summed E-state index contributed by atoms with van der Waals surface area (Å²) in [6.45, 7) is 4.10. The molecule has 0 heterocycles. The molecule has 19 heavy (non-hydrogen) atoms. The van der Waals surface area contributed by atoms with Crippen LogP contribution in [0, 0.1) is 5.92 Å². The molecule has 0 saturated heterocycles. The molecule has 0 saturated carbocycles. The van der Waals surface area contributed by atoms with E-state index >= 15 is 0 Å². The van der Waals surface area contributed by atoms with Crippen LogP contribution in [0.2, 0.25) is 0 Å². The lowest BCUT2D eigenvalue weighted by Crippen LogP contribution is -2.16. The molecule has 2 aromatic rings. The van der Waals surface area contributed by atoms with Gasteiger partial charge in [0.2, 0.25) is 0 Å². The number of rotatable bonds is 4. The summed E-state index contributed by atoms with van der Waals surface area (Å²) in [5.41, 5.74) is 1.62. The number of hydrogen-bond donors (Lipinski definition) is 0. The fourth-order valence-corrected chi connectivity index (χ4v) is 1.99. The number of carbonyl (C=O) groups is 1. The molecule has 2 nitrogen and oxygen atoms in total. The van der Waals surface area contributed by atoms with Gasteiger partial charge in [0.1, 0.15) is 6.10 Å². The molecule has 2 aromatic carbocycles. The highest BCUT2D eigenvalue weighted by atomic mass is 16.5. The van der Waals surface area contributed by atoms with Crippen molar-refractivity contribution in [3.63, 3.8) is 0 Å². The van der Waals surface area contributed by atoms with Crippen LogP contribution >= 0.6 is 0 Å². The summed E-state index contributed by atoms with van der Waals surface area (Å²) in [4.78, 5) is 12.1. The summed E-state index contributed by atoms with van der Waals surface area (Å²) in [6.07, 6.45) is -0.214. The molecule has 1 atom stereocenters. The molecular formula is C17H18O2. The first-order chi connectivity index (χ1) is 9.18. The Hall–Kier alpha value is -2.09. The van der Waals surface area contributed by atoms with Crippen LogP contribution in [0.4, 0.5) is 0 Å². The number of hydrogen-bond acceptors (Lipinski definition) is 2. The Balaban J connectivity index is 2.17. The molecule has 0 amide bonds. The molecule has 0 radical (unpaired) electrons. The molecule has 0 fully saturated rings. The maximum Gasteiger partial charge on any atom is 0.338 e. The molecule has 0 aliphatic rings. The normalized spacial score (nSPS) is 12.2. The van der Waals surface area contributed by atoms with Crippen LogP contribution in [-0.2, 0) is 4.74 Å². The van der Waals surface area contributed by atoms with E-state index in [0.717, 1.165) is 5.56 Å². The number of esters is 1. The van der Waals surface area contributed by atoms with Crippen molar-refractivity contribution in [3.8, 4) is 0 Å². The molecule has 1 unspecified atom stereocenters. The van der Waals surface area contributed by atoms with Crippen LogP contribution in [0.25, 0.3) is 0 Å². The predicted octanol–water partition coefficient (Wildman–Crippen LogP) is 4.24. The lowest BCUT2D eigenvalue weighted by molar-refractivity contribution is 0.0176. The Morgan fingerprint density at radius 2 is 1.42 bits per heavy atom. The average molecular weight is 254 g/mol. The van der Waals surface area contributed by atoms with Gasteiger partial charge in [0.25, 0.3) is 0 Å². The van der Waals surface area contributed by atoms with Gasteiger partial charge in [0.15, 0.2) is 0 Å². The van der Waals surface area contributed by atoms with E-state index in [0.29, 0.717) is 5.56 Å². The Bertz CT molecular complexity index is 517. The maximum atomic E-state index is 12.1. The van der Waals surface area contributed by atoms with Crippen molar-refractivity contribution in [3.05, 3.63) is 71.8 Å². The van der Waals surface area contributed by atoms with Gasteiger partial charge in [-0.15, -0.1) is 0 Å². The Kier molecular flexibility index (Phi) is 4.35. The molecule has 0 aliphatic heterocycles. The average Bonchev–Trinajstić information content (AvgIpc) is 2.46. The molecule has 0 aromatic heterocycles. The highest BCUT2D eigenvalue weighted by molar-refractivity contribution is 5.89. The summed E-state index contributed by atoms with van der Waals surface area (Å²) in [6, 6.07) is 18.9. The van der Waals surface area contributed by atoms with Gasteiger partial charge in [-0.25, -0.2) is 4.79 Å². The van der Waals surface area contributed by atoms with Crippen molar-refractivity contribution in [2.75, 3.05) is 0 Å². The highest BCUT2D eigenvalue weighted by Crippen LogP contribution is 2.26. The number of benzene rings is 2. The van der Waals surface area contributed by atoms with E-state index < -0.39 is 0 Å². The zero-order valence-electron chi connectivity index (χ0n) is 11.2. The SMILES string of the molecule is CC(C)C(OC(=O)c1ccccc1)c1ccccc1. The smallest absolute Gasteiger partial charge is 0.338 e. The first kappa shape index (κ1) is 13.3. The van der Waals surface area contributed by atoms with Crippen LogP contribution < -0.4 is 0 Å². The van der Waals surface area contributed by atoms with E-state index in [1.165, 1.54) is 0 Å². The maximum absolute atomic E-state index is 12.1. The van der Waals surface area contributed by atoms with Gasteiger partial charge in [-0.05, 0) is 23.6 Å². The molecule has 0 spiro atoms. The van der Waals surface area contributed by atoms with Gasteiger partial charge in [-0.2, -0.15) is 0 Å². The second-order valence-corrected chi connectivity index (χ2v) is 4.85.